The Morgan fingerprint density at radius 3 is 2.36 bits per heavy atom. The molecule has 1 aromatic carbocycles. The van der Waals surface area contributed by atoms with Crippen LogP contribution in [0.4, 0.5) is 0 Å². The van der Waals surface area contributed by atoms with E-state index in [1.54, 1.807) is 0 Å². The maximum Gasteiger partial charge on any atom is 0.244 e. The molecule has 0 radical (unpaired) electrons. The van der Waals surface area contributed by atoms with Crippen LogP contribution in [0.5, 0.6) is 5.75 Å². The predicted molar refractivity (Wildman–Crippen MR) is 84.4 cm³/mol. The Bertz CT molecular complexity index is 714. The second-order valence-electron chi connectivity index (χ2n) is 4.90. The highest BCUT2D eigenvalue weighted by Crippen LogP contribution is 2.26. The zero-order valence-corrected chi connectivity index (χ0v) is 14.7. The summed E-state index contributed by atoms with van der Waals surface area (Å²) >= 11 is 0. The highest BCUT2D eigenvalue weighted by Gasteiger charge is 2.22. The Labute approximate surface area is 132 Å². The fourth-order valence-corrected chi connectivity index (χ4v) is 3.88. The van der Waals surface area contributed by atoms with Crippen molar-refractivity contribution in [3.63, 3.8) is 0 Å². The zero-order chi connectivity index (χ0) is 17.0. The van der Waals surface area contributed by atoms with Crippen LogP contribution >= 0.6 is 0 Å². The van der Waals surface area contributed by atoms with Crippen LogP contribution in [0.15, 0.2) is 28.0 Å². The van der Waals surface area contributed by atoms with Crippen molar-refractivity contribution in [2.75, 3.05) is 26.5 Å². The highest BCUT2D eigenvalue weighted by molar-refractivity contribution is 7.91. The van der Waals surface area contributed by atoms with Gasteiger partial charge in [-0.2, -0.15) is 0 Å². The first-order valence-electron chi connectivity index (χ1n) is 6.73. The molecule has 0 aliphatic heterocycles. The van der Waals surface area contributed by atoms with Crippen LogP contribution in [0, 0.1) is 0 Å². The summed E-state index contributed by atoms with van der Waals surface area (Å²) in [5, 5.41) is 3.08. The van der Waals surface area contributed by atoms with Crippen molar-refractivity contribution < 1.29 is 21.6 Å². The van der Waals surface area contributed by atoms with E-state index in [-0.39, 0.29) is 28.1 Å². The van der Waals surface area contributed by atoms with Crippen LogP contribution in [0.2, 0.25) is 0 Å². The number of hydrogen-bond acceptors (Lipinski definition) is 6. The van der Waals surface area contributed by atoms with Crippen LogP contribution in [0.3, 0.4) is 0 Å². The Hall–Kier alpha value is -1.16. The van der Waals surface area contributed by atoms with Gasteiger partial charge in [0.2, 0.25) is 10.0 Å². The highest BCUT2D eigenvalue weighted by atomic mass is 32.2. The van der Waals surface area contributed by atoms with Gasteiger partial charge in [0.15, 0.2) is 9.84 Å². The Balaban J connectivity index is 3.17. The van der Waals surface area contributed by atoms with E-state index in [2.05, 4.69) is 10.0 Å². The van der Waals surface area contributed by atoms with Crippen LogP contribution in [-0.4, -0.2) is 49.3 Å². The predicted octanol–water partition coefficient (Wildman–Crippen LogP) is 0.375. The third kappa shape index (κ3) is 4.94. The molecule has 2 N–H and O–H groups in total. The summed E-state index contributed by atoms with van der Waals surface area (Å²) < 4.78 is 55.4. The van der Waals surface area contributed by atoms with Crippen molar-refractivity contribution in [1.29, 1.82) is 0 Å². The van der Waals surface area contributed by atoms with Crippen LogP contribution in [0.1, 0.15) is 13.8 Å². The van der Waals surface area contributed by atoms with Gasteiger partial charge in [0.05, 0.1) is 12.0 Å². The fraction of sp³-hybridized carbons (Fsp3) is 0.538. The summed E-state index contributed by atoms with van der Waals surface area (Å²) in [5.74, 6) is 0.0935. The normalized spacial score (nSPS) is 13.8. The molecule has 22 heavy (non-hydrogen) atoms. The van der Waals surface area contributed by atoms with Gasteiger partial charge >= 0.3 is 0 Å². The van der Waals surface area contributed by atoms with Gasteiger partial charge in [0.1, 0.15) is 10.6 Å². The molecule has 1 atom stereocenters. The quantitative estimate of drug-likeness (QED) is 0.703. The lowest BCUT2D eigenvalue weighted by Gasteiger charge is -2.15. The SMILES string of the molecule is CCN[C@H](C)CNS(=O)(=O)c1cc(S(C)(=O)=O)ccc1OC. The second kappa shape index (κ2) is 7.40. The number of sulfone groups is 1. The number of hydrogen-bond donors (Lipinski definition) is 2. The van der Waals surface area contributed by atoms with E-state index >= 15 is 0 Å². The number of ether oxygens (including phenoxy) is 1. The largest absolute Gasteiger partial charge is 0.495 e. The Morgan fingerprint density at radius 1 is 1.23 bits per heavy atom. The van der Waals surface area contributed by atoms with E-state index in [1.807, 2.05) is 13.8 Å². The Morgan fingerprint density at radius 2 is 1.86 bits per heavy atom. The maximum atomic E-state index is 12.4. The summed E-state index contributed by atoms with van der Waals surface area (Å²) in [6, 6.07) is 3.70. The monoisotopic (exact) mass is 350 g/mol. The number of methoxy groups -OCH3 is 1. The number of sulfonamides is 1. The lowest BCUT2D eigenvalue weighted by molar-refractivity contribution is 0.401. The summed E-state index contributed by atoms with van der Waals surface area (Å²) in [5.41, 5.74) is 0. The number of rotatable bonds is 8. The molecular formula is C13H22N2O5S2. The average molecular weight is 350 g/mol. The van der Waals surface area contributed by atoms with E-state index in [0.29, 0.717) is 0 Å². The molecule has 0 saturated carbocycles. The molecule has 7 nitrogen and oxygen atoms in total. The van der Waals surface area contributed by atoms with Crippen molar-refractivity contribution in [2.24, 2.45) is 0 Å². The third-order valence-electron chi connectivity index (χ3n) is 2.98. The molecule has 0 bridgehead atoms. The maximum absolute atomic E-state index is 12.4. The first kappa shape index (κ1) is 18.9. The molecule has 1 rings (SSSR count). The van der Waals surface area contributed by atoms with Gasteiger partial charge in [-0.05, 0) is 31.7 Å². The lowest BCUT2D eigenvalue weighted by Crippen LogP contribution is -2.38. The van der Waals surface area contributed by atoms with Gasteiger partial charge in [-0.3, -0.25) is 0 Å². The van der Waals surface area contributed by atoms with Gasteiger partial charge in [-0.1, -0.05) is 6.92 Å². The molecule has 0 amide bonds. The number of benzene rings is 1. The fourth-order valence-electron chi connectivity index (χ4n) is 1.83. The zero-order valence-electron chi connectivity index (χ0n) is 13.1. The minimum atomic E-state index is -3.88. The molecule has 0 fully saturated rings. The van der Waals surface area contributed by atoms with E-state index in [0.717, 1.165) is 18.9 Å². The molecule has 0 unspecified atom stereocenters. The molecule has 0 heterocycles. The van der Waals surface area contributed by atoms with E-state index in [4.69, 9.17) is 4.74 Å². The van der Waals surface area contributed by atoms with Crippen molar-refractivity contribution in [3.05, 3.63) is 18.2 Å². The van der Waals surface area contributed by atoms with Crippen molar-refractivity contribution in [3.8, 4) is 5.75 Å². The van der Waals surface area contributed by atoms with Gasteiger partial charge in [-0.15, -0.1) is 0 Å². The number of nitrogens with one attached hydrogen (secondary N) is 2. The van der Waals surface area contributed by atoms with Crippen LogP contribution in [-0.2, 0) is 19.9 Å². The minimum Gasteiger partial charge on any atom is -0.495 e. The molecule has 0 aliphatic rings. The molecule has 126 valence electrons. The third-order valence-corrected chi connectivity index (χ3v) is 5.54. The topological polar surface area (TPSA) is 102 Å². The van der Waals surface area contributed by atoms with Gasteiger partial charge < -0.3 is 10.1 Å². The standard InChI is InChI=1S/C13H22N2O5S2/c1-5-14-10(2)9-15-22(18,19)13-8-11(21(4,16)17)6-7-12(13)20-3/h6-8,10,14-15H,5,9H2,1-4H3/t10-/m1/s1. The van der Waals surface area contributed by atoms with Crippen LogP contribution in [0.25, 0.3) is 0 Å². The molecule has 0 saturated heterocycles. The molecule has 9 heteroatoms. The first-order chi connectivity index (χ1) is 10.1. The minimum absolute atomic E-state index is 0.0520. The Kier molecular flexibility index (Phi) is 6.36. The summed E-state index contributed by atoms with van der Waals surface area (Å²) in [4.78, 5) is -0.268. The summed E-state index contributed by atoms with van der Waals surface area (Å²) in [6.45, 7) is 4.66. The number of likely N-dealkylation sites (N-methyl/N-ethyl adjacent to an activating group) is 1. The smallest absolute Gasteiger partial charge is 0.244 e. The second-order valence-corrected chi connectivity index (χ2v) is 8.65. The van der Waals surface area contributed by atoms with E-state index in [1.165, 1.54) is 19.2 Å². The van der Waals surface area contributed by atoms with Crippen molar-refractivity contribution >= 4 is 19.9 Å². The van der Waals surface area contributed by atoms with Gasteiger partial charge in [0.25, 0.3) is 0 Å². The lowest BCUT2D eigenvalue weighted by atomic mass is 10.3. The first-order valence-corrected chi connectivity index (χ1v) is 10.1. The molecule has 0 aromatic heterocycles. The molecule has 0 aliphatic carbocycles. The summed E-state index contributed by atoms with van der Waals surface area (Å²) in [6.07, 6.45) is 1.02. The van der Waals surface area contributed by atoms with Gasteiger partial charge in [0, 0.05) is 18.8 Å². The molecule has 1 aromatic rings. The van der Waals surface area contributed by atoms with Crippen molar-refractivity contribution in [1.82, 2.24) is 10.0 Å². The molecular weight excluding hydrogens is 328 g/mol. The van der Waals surface area contributed by atoms with Crippen molar-refractivity contribution in [2.45, 2.75) is 29.7 Å². The van der Waals surface area contributed by atoms with E-state index < -0.39 is 19.9 Å². The summed E-state index contributed by atoms with van der Waals surface area (Å²) in [7, 11) is -6.06. The molecule has 0 spiro atoms. The van der Waals surface area contributed by atoms with Crippen LogP contribution < -0.4 is 14.8 Å². The van der Waals surface area contributed by atoms with Gasteiger partial charge in [-0.25, -0.2) is 21.6 Å². The average Bonchev–Trinajstić information content (AvgIpc) is 2.44. The van der Waals surface area contributed by atoms with E-state index in [9.17, 15) is 16.8 Å².